The summed E-state index contributed by atoms with van der Waals surface area (Å²) in [5.74, 6) is 2.77. The highest BCUT2D eigenvalue weighted by atomic mass is 16.3. The van der Waals surface area contributed by atoms with E-state index in [4.69, 9.17) is 18.8 Å². The summed E-state index contributed by atoms with van der Waals surface area (Å²) >= 11 is 0. The number of allylic oxidation sites excluding steroid dienone is 3. The molecule has 1 aliphatic heterocycles. The highest BCUT2D eigenvalue weighted by molar-refractivity contribution is 6.19. The van der Waals surface area contributed by atoms with Gasteiger partial charge in [0.05, 0.1) is 45.4 Å². The molecule has 8 nitrogen and oxygen atoms in total. The van der Waals surface area contributed by atoms with Crippen molar-refractivity contribution in [2.24, 2.45) is 16.8 Å². The summed E-state index contributed by atoms with van der Waals surface area (Å²) in [4.78, 5) is 14.8. The minimum Gasteiger partial charge on any atom is -0.456 e. The molecule has 12 aromatic rings. The molecule has 0 spiro atoms. The number of hydrogen-bond acceptors (Lipinski definition) is 5. The van der Waals surface area contributed by atoms with Crippen molar-refractivity contribution in [3.8, 4) is 11.5 Å². The van der Waals surface area contributed by atoms with Crippen LogP contribution in [0.15, 0.2) is 202 Å². The minimum atomic E-state index is -0.437. The Hall–Kier alpha value is -8.49. The Balaban J connectivity index is 1.06. The zero-order valence-electron chi connectivity index (χ0n) is 35.2. The van der Waals surface area contributed by atoms with Gasteiger partial charge in [-0.3, -0.25) is 4.57 Å². The Morgan fingerprint density at radius 3 is 1.75 bits per heavy atom. The lowest BCUT2D eigenvalue weighted by Gasteiger charge is -2.24. The molecule has 2 N–H and O–H groups in total. The molecule has 0 saturated carbocycles. The zero-order chi connectivity index (χ0) is 42.8. The largest absolute Gasteiger partial charge is 0.456 e. The van der Waals surface area contributed by atoms with Crippen molar-refractivity contribution in [1.29, 1.82) is 0 Å². The van der Waals surface area contributed by atoms with Crippen molar-refractivity contribution in [1.82, 2.24) is 19.4 Å². The summed E-state index contributed by atoms with van der Waals surface area (Å²) in [5, 5.41) is 12.9. The van der Waals surface area contributed by atoms with Gasteiger partial charge in [-0.2, -0.15) is 0 Å². The number of fused-ring (bicyclic) bond motifs is 12. The third kappa shape index (κ3) is 5.40. The van der Waals surface area contributed by atoms with Crippen LogP contribution in [0.5, 0.6) is 0 Å². The number of hydrogen-bond donors (Lipinski definition) is 2. The monoisotopic (exact) mass is 839 g/mol. The minimum absolute atomic E-state index is 0.0427. The van der Waals surface area contributed by atoms with Crippen LogP contribution in [0.2, 0.25) is 0 Å². The zero-order valence-corrected chi connectivity index (χ0v) is 35.2. The van der Waals surface area contributed by atoms with Crippen molar-refractivity contribution in [3.05, 3.63) is 199 Å². The highest BCUT2D eigenvalue weighted by Crippen LogP contribution is 2.41. The molecular weight excluding hydrogens is 801 g/mol. The van der Waals surface area contributed by atoms with Crippen molar-refractivity contribution >= 4 is 99.2 Å². The summed E-state index contributed by atoms with van der Waals surface area (Å²) in [5.41, 5.74) is 10.5. The summed E-state index contributed by atoms with van der Waals surface area (Å²) in [6, 6.07) is 55.4. The van der Waals surface area contributed by atoms with Crippen molar-refractivity contribution < 1.29 is 13.8 Å². The first-order valence-corrected chi connectivity index (χ1v) is 22.2. The maximum Gasteiger partial charge on any atom is 0.303 e. The number of furan rings is 2. The second kappa shape index (κ2) is 13.8. The number of nitrogens with one attached hydrogen (secondary N) is 2. The molecule has 7 aromatic carbocycles. The molecule has 308 valence electrons. The molecule has 0 bridgehead atoms. The smallest absolute Gasteiger partial charge is 0.303 e. The Bertz CT molecular complexity index is 4080. The maximum absolute atomic E-state index is 6.55. The molecule has 3 atom stereocenters. The average molecular weight is 840 g/mol. The first-order valence-electron chi connectivity index (χ1n) is 22.2. The van der Waals surface area contributed by atoms with Crippen LogP contribution >= 0.6 is 0 Å². The van der Waals surface area contributed by atoms with Crippen LogP contribution < -0.4 is 10.3 Å². The average Bonchev–Trinajstić information content (AvgIpc) is 4.10. The number of para-hydroxylation sites is 4. The van der Waals surface area contributed by atoms with E-state index in [0.717, 1.165) is 122 Å². The fraction of sp³-hybridized carbons (Fsp3) is 0.0702. The van der Waals surface area contributed by atoms with Gasteiger partial charge in [0.2, 0.25) is 0 Å². The normalized spacial score (nSPS) is 17.6. The second-order valence-corrected chi connectivity index (χ2v) is 17.3. The van der Waals surface area contributed by atoms with Crippen LogP contribution in [0, 0.1) is 11.8 Å². The van der Waals surface area contributed by atoms with Crippen molar-refractivity contribution in [2.75, 3.05) is 0 Å². The maximum atomic E-state index is 6.55. The van der Waals surface area contributed by atoms with Gasteiger partial charge in [0.25, 0.3) is 5.84 Å². The van der Waals surface area contributed by atoms with E-state index in [1.807, 2.05) is 36.5 Å². The highest BCUT2D eigenvalue weighted by Gasteiger charge is 2.36. The van der Waals surface area contributed by atoms with E-state index in [9.17, 15) is 0 Å². The predicted molar refractivity (Wildman–Crippen MR) is 263 cm³/mol. The molecule has 0 fully saturated rings. The van der Waals surface area contributed by atoms with Crippen molar-refractivity contribution in [2.45, 2.75) is 13.1 Å². The molecule has 0 saturated heterocycles. The molecule has 5 aromatic heterocycles. The standard InChI is InChI=1S/C57H38N6O2/c1-33-15-5-6-18-36(33)55-59-54(34-16-3-2-4-17-34)60-56(61-55)45-27-35(62-46-23-11-7-19-37(46)41-28-43-39-21-9-13-25-50(39)64-52(43)30-48(41)62)32-58-57(45)63-47-24-12-8-20-38(47)42-29-44-40-22-10-14-26-51(40)65-53(44)31-49(42)63/h2-33,36,56H,1H3,(H,59,60,61)/p+1. The Labute approximate surface area is 371 Å². The first-order chi connectivity index (χ1) is 32.1. The van der Waals surface area contributed by atoms with E-state index in [1.165, 1.54) is 0 Å². The van der Waals surface area contributed by atoms with Crippen molar-refractivity contribution in [3.63, 3.8) is 0 Å². The lowest BCUT2D eigenvalue weighted by atomic mass is 9.88. The third-order valence-electron chi connectivity index (χ3n) is 13.6. The molecule has 8 heteroatoms. The first kappa shape index (κ1) is 36.0. The summed E-state index contributed by atoms with van der Waals surface area (Å²) in [6.45, 7) is 2.25. The number of aromatic nitrogens is 3. The van der Waals surface area contributed by atoms with E-state index < -0.39 is 6.17 Å². The van der Waals surface area contributed by atoms with Gasteiger partial charge in [-0.05, 0) is 65.5 Å². The number of benzene rings is 7. The fourth-order valence-corrected chi connectivity index (χ4v) is 10.5. The Morgan fingerprint density at radius 1 is 0.523 bits per heavy atom. The van der Waals surface area contributed by atoms with E-state index in [-0.39, 0.29) is 11.8 Å². The van der Waals surface area contributed by atoms with Gasteiger partial charge in [0.1, 0.15) is 28.1 Å². The Kier molecular flexibility index (Phi) is 7.63. The summed E-state index contributed by atoms with van der Waals surface area (Å²) in [7, 11) is 0. The van der Waals surface area contributed by atoms with Crippen LogP contribution in [0.4, 0.5) is 0 Å². The third-order valence-corrected chi connectivity index (χ3v) is 13.6. The molecule has 1 aliphatic carbocycles. The van der Waals surface area contributed by atoms with Crippen LogP contribution in [-0.4, -0.2) is 25.8 Å². The number of aliphatic imine (C=N–C) groups is 1. The van der Waals surface area contributed by atoms with Gasteiger partial charge >= 0.3 is 5.84 Å². The Morgan fingerprint density at radius 2 is 1.09 bits per heavy atom. The topological polar surface area (TPSA) is 87.4 Å². The van der Waals surface area contributed by atoms with Gasteiger partial charge in [-0.1, -0.05) is 122 Å². The van der Waals surface area contributed by atoms with E-state index in [2.05, 4.69) is 178 Å². The molecule has 6 heterocycles. The molecule has 0 radical (unpaired) electrons. The predicted octanol–water partition coefficient (Wildman–Crippen LogP) is 12.0. The molecule has 3 unspecified atom stereocenters. The molecule has 65 heavy (non-hydrogen) atoms. The van der Waals surface area contributed by atoms with E-state index >= 15 is 0 Å². The van der Waals surface area contributed by atoms with Gasteiger partial charge < -0.3 is 18.7 Å². The van der Waals surface area contributed by atoms with Crippen LogP contribution in [0.25, 0.3) is 99.0 Å². The number of pyridine rings is 1. The molecular formula is C57H39N6O2+. The fourth-order valence-electron chi connectivity index (χ4n) is 10.5. The quantitative estimate of drug-likeness (QED) is 0.181. The van der Waals surface area contributed by atoms with Gasteiger partial charge in [0, 0.05) is 60.8 Å². The SMILES string of the molecule is CC1C=CC=CC1C1=[NH+]C(c2cc(-n3c4ccccc4c4cc5c(cc43)oc3ccccc35)cnc2-n2c3ccccc3c3cc4c(cc32)oc2ccccc24)NC(c2ccccc2)=N1. The lowest BCUT2D eigenvalue weighted by molar-refractivity contribution is -0.519. The van der Waals surface area contributed by atoms with Gasteiger partial charge in [0.15, 0.2) is 6.17 Å². The van der Waals surface area contributed by atoms with Crippen LogP contribution in [0.3, 0.4) is 0 Å². The number of rotatable bonds is 5. The van der Waals surface area contributed by atoms with E-state index in [1.54, 1.807) is 0 Å². The number of nitrogens with zero attached hydrogens (tertiary/aromatic N) is 4. The summed E-state index contributed by atoms with van der Waals surface area (Å²) < 4.78 is 17.7. The van der Waals surface area contributed by atoms with Gasteiger partial charge in [-0.15, -0.1) is 0 Å². The second-order valence-electron chi connectivity index (χ2n) is 17.3. The van der Waals surface area contributed by atoms with E-state index in [0.29, 0.717) is 0 Å². The molecule has 2 aliphatic rings. The summed E-state index contributed by atoms with van der Waals surface area (Å²) in [6.07, 6.45) is 10.3. The van der Waals surface area contributed by atoms with Gasteiger partial charge in [-0.25, -0.2) is 9.98 Å². The van der Waals surface area contributed by atoms with Crippen LogP contribution in [-0.2, 0) is 0 Å². The number of amidine groups is 2. The molecule has 0 amide bonds. The molecule has 14 rings (SSSR count). The van der Waals surface area contributed by atoms with Crippen LogP contribution in [0.1, 0.15) is 24.2 Å². The lowest BCUT2D eigenvalue weighted by Crippen LogP contribution is -2.81.